The molecule has 0 saturated heterocycles. The van der Waals surface area contributed by atoms with Gasteiger partial charge in [-0.15, -0.1) is 0 Å². The number of benzene rings is 2. The average molecular weight is 390 g/mol. The standard InChI is InChI=1S/C17H12F2N4O3S/c18-13-5-2-6-14(19)16(13)27(25,26)23-12-4-1-3-11(9-12)17(24)22-15-10-20-7-8-21-15/h1-10,23H,(H,21,22,24). The van der Waals surface area contributed by atoms with E-state index in [4.69, 9.17) is 0 Å². The Bertz CT molecular complexity index is 1070. The molecule has 0 aliphatic rings. The maximum absolute atomic E-state index is 13.8. The largest absolute Gasteiger partial charge is 0.305 e. The molecule has 0 radical (unpaired) electrons. The Kier molecular flexibility index (Phi) is 5.08. The van der Waals surface area contributed by atoms with Gasteiger partial charge in [-0.3, -0.25) is 14.5 Å². The number of carbonyl (C=O) groups is 1. The van der Waals surface area contributed by atoms with Gasteiger partial charge in [-0.25, -0.2) is 22.2 Å². The second-order valence-corrected chi connectivity index (χ2v) is 6.90. The molecule has 1 heterocycles. The fourth-order valence-corrected chi connectivity index (χ4v) is 3.41. The molecular weight excluding hydrogens is 378 g/mol. The molecular formula is C17H12F2N4O3S. The molecule has 0 aliphatic heterocycles. The van der Waals surface area contributed by atoms with Crippen molar-refractivity contribution in [3.8, 4) is 0 Å². The quantitative estimate of drug-likeness (QED) is 0.698. The van der Waals surface area contributed by atoms with Gasteiger partial charge in [-0.2, -0.15) is 0 Å². The maximum atomic E-state index is 13.8. The highest BCUT2D eigenvalue weighted by Crippen LogP contribution is 2.22. The lowest BCUT2D eigenvalue weighted by atomic mass is 10.2. The van der Waals surface area contributed by atoms with Crippen LogP contribution >= 0.6 is 0 Å². The van der Waals surface area contributed by atoms with Crippen LogP contribution in [0.4, 0.5) is 20.3 Å². The van der Waals surface area contributed by atoms with Crippen molar-refractivity contribution >= 4 is 27.4 Å². The van der Waals surface area contributed by atoms with Crippen molar-refractivity contribution in [2.75, 3.05) is 10.0 Å². The first kappa shape index (κ1) is 18.4. The van der Waals surface area contributed by atoms with Crippen LogP contribution in [-0.4, -0.2) is 24.3 Å². The highest BCUT2D eigenvalue weighted by atomic mass is 32.2. The zero-order valence-corrected chi connectivity index (χ0v) is 14.4. The van der Waals surface area contributed by atoms with Gasteiger partial charge in [0.1, 0.15) is 11.6 Å². The van der Waals surface area contributed by atoms with Crippen LogP contribution in [0.2, 0.25) is 0 Å². The van der Waals surface area contributed by atoms with Gasteiger partial charge in [0.05, 0.1) is 6.20 Å². The van der Waals surface area contributed by atoms with Crippen molar-refractivity contribution in [3.05, 3.63) is 78.3 Å². The van der Waals surface area contributed by atoms with E-state index in [1.807, 2.05) is 0 Å². The third-order valence-electron chi connectivity index (χ3n) is 3.37. The van der Waals surface area contributed by atoms with Crippen molar-refractivity contribution in [1.82, 2.24) is 9.97 Å². The molecule has 10 heteroatoms. The van der Waals surface area contributed by atoms with Gasteiger partial charge in [-0.05, 0) is 30.3 Å². The first-order chi connectivity index (χ1) is 12.9. The zero-order valence-electron chi connectivity index (χ0n) is 13.6. The van der Waals surface area contributed by atoms with Crippen LogP contribution in [0.25, 0.3) is 0 Å². The average Bonchev–Trinajstić information content (AvgIpc) is 2.62. The van der Waals surface area contributed by atoms with E-state index in [9.17, 15) is 22.0 Å². The molecule has 138 valence electrons. The molecule has 0 aliphatic carbocycles. The van der Waals surface area contributed by atoms with E-state index in [-0.39, 0.29) is 17.1 Å². The highest BCUT2D eigenvalue weighted by molar-refractivity contribution is 7.92. The summed E-state index contributed by atoms with van der Waals surface area (Å²) >= 11 is 0. The van der Waals surface area contributed by atoms with E-state index in [1.54, 1.807) is 0 Å². The summed E-state index contributed by atoms with van der Waals surface area (Å²) in [4.78, 5) is 18.8. The van der Waals surface area contributed by atoms with E-state index in [0.717, 1.165) is 18.2 Å². The lowest BCUT2D eigenvalue weighted by Gasteiger charge is -2.11. The molecule has 2 N–H and O–H groups in total. The number of anilines is 2. The van der Waals surface area contributed by atoms with E-state index < -0.39 is 32.5 Å². The van der Waals surface area contributed by atoms with Crippen molar-refractivity contribution in [2.45, 2.75) is 4.90 Å². The van der Waals surface area contributed by atoms with Crippen LogP contribution in [0.5, 0.6) is 0 Å². The first-order valence-corrected chi connectivity index (χ1v) is 8.99. The van der Waals surface area contributed by atoms with Crippen LogP contribution in [-0.2, 0) is 10.0 Å². The number of hydrogen-bond donors (Lipinski definition) is 2. The van der Waals surface area contributed by atoms with Crippen molar-refractivity contribution in [2.24, 2.45) is 0 Å². The van der Waals surface area contributed by atoms with Crippen molar-refractivity contribution < 1.29 is 22.0 Å². The van der Waals surface area contributed by atoms with Gasteiger partial charge in [0.25, 0.3) is 15.9 Å². The minimum atomic E-state index is -4.53. The fraction of sp³-hybridized carbons (Fsp3) is 0. The second-order valence-electron chi connectivity index (χ2n) is 5.28. The summed E-state index contributed by atoms with van der Waals surface area (Å²) in [5.41, 5.74) is 0.0688. The highest BCUT2D eigenvalue weighted by Gasteiger charge is 2.24. The number of nitrogens with zero attached hydrogens (tertiary/aromatic N) is 2. The number of sulfonamides is 1. The molecule has 0 bridgehead atoms. The molecule has 3 rings (SSSR count). The monoisotopic (exact) mass is 390 g/mol. The summed E-state index contributed by atoms with van der Waals surface area (Å²) in [6.07, 6.45) is 4.17. The minimum absolute atomic E-state index is 0.0375. The third-order valence-corrected chi connectivity index (χ3v) is 4.80. The normalized spacial score (nSPS) is 11.0. The van der Waals surface area contributed by atoms with E-state index in [0.29, 0.717) is 0 Å². The van der Waals surface area contributed by atoms with E-state index in [2.05, 4.69) is 20.0 Å². The molecule has 27 heavy (non-hydrogen) atoms. The SMILES string of the molecule is O=C(Nc1cnccn1)c1cccc(NS(=O)(=O)c2c(F)cccc2F)c1. The van der Waals surface area contributed by atoms with Gasteiger partial charge in [-0.1, -0.05) is 12.1 Å². The minimum Gasteiger partial charge on any atom is -0.305 e. The van der Waals surface area contributed by atoms with E-state index in [1.165, 1.54) is 42.9 Å². The summed E-state index contributed by atoms with van der Waals surface area (Å²) < 4.78 is 54.2. The molecule has 0 saturated carbocycles. The number of carbonyl (C=O) groups excluding carboxylic acids is 1. The third kappa shape index (κ3) is 4.23. The van der Waals surface area contributed by atoms with Gasteiger partial charge in [0, 0.05) is 23.6 Å². The summed E-state index contributed by atoms with van der Waals surface area (Å²) in [5.74, 6) is -2.80. The van der Waals surface area contributed by atoms with Gasteiger partial charge in [0.2, 0.25) is 0 Å². The number of nitrogens with one attached hydrogen (secondary N) is 2. The van der Waals surface area contributed by atoms with Crippen molar-refractivity contribution in [1.29, 1.82) is 0 Å². The Balaban J connectivity index is 1.84. The molecule has 0 fully saturated rings. The number of amides is 1. The Morgan fingerprint density at radius 2 is 1.70 bits per heavy atom. The first-order valence-electron chi connectivity index (χ1n) is 7.51. The Hall–Kier alpha value is -3.40. The number of rotatable bonds is 5. The van der Waals surface area contributed by atoms with Crippen LogP contribution < -0.4 is 10.0 Å². The van der Waals surface area contributed by atoms with Crippen LogP contribution in [0.1, 0.15) is 10.4 Å². The molecule has 0 atom stereocenters. The molecule has 7 nitrogen and oxygen atoms in total. The van der Waals surface area contributed by atoms with Crippen LogP contribution in [0.3, 0.4) is 0 Å². The lowest BCUT2D eigenvalue weighted by molar-refractivity contribution is 0.102. The lowest BCUT2D eigenvalue weighted by Crippen LogP contribution is -2.17. The molecule has 3 aromatic rings. The Morgan fingerprint density at radius 1 is 1.00 bits per heavy atom. The predicted octanol–water partition coefficient (Wildman–Crippen LogP) is 2.81. The molecule has 1 amide bonds. The van der Waals surface area contributed by atoms with Gasteiger partial charge >= 0.3 is 0 Å². The van der Waals surface area contributed by atoms with Gasteiger partial charge in [0.15, 0.2) is 10.7 Å². The molecule has 0 unspecified atom stereocenters. The zero-order chi connectivity index (χ0) is 19.4. The summed E-state index contributed by atoms with van der Waals surface area (Å²) in [5, 5.41) is 2.49. The predicted molar refractivity (Wildman–Crippen MR) is 93.6 cm³/mol. The number of halogens is 2. The van der Waals surface area contributed by atoms with Crippen molar-refractivity contribution in [3.63, 3.8) is 0 Å². The number of hydrogen-bond acceptors (Lipinski definition) is 5. The Morgan fingerprint density at radius 3 is 2.37 bits per heavy atom. The Labute approximate surface area is 153 Å². The summed E-state index contributed by atoms with van der Waals surface area (Å²) in [7, 11) is -4.53. The fourth-order valence-electron chi connectivity index (χ4n) is 2.22. The van der Waals surface area contributed by atoms with E-state index >= 15 is 0 Å². The molecule has 2 aromatic carbocycles. The molecule has 1 aromatic heterocycles. The number of aromatic nitrogens is 2. The van der Waals surface area contributed by atoms with Crippen LogP contribution in [0.15, 0.2) is 66.0 Å². The maximum Gasteiger partial charge on any atom is 0.267 e. The topological polar surface area (TPSA) is 101 Å². The summed E-state index contributed by atoms with van der Waals surface area (Å²) in [6, 6.07) is 8.15. The second kappa shape index (κ2) is 7.46. The van der Waals surface area contributed by atoms with Gasteiger partial charge < -0.3 is 5.32 Å². The van der Waals surface area contributed by atoms with Crippen LogP contribution in [0, 0.1) is 11.6 Å². The summed E-state index contributed by atoms with van der Waals surface area (Å²) in [6.45, 7) is 0. The smallest absolute Gasteiger partial charge is 0.267 e. The molecule has 0 spiro atoms.